The molecule has 10 heteroatoms. The minimum Gasteiger partial charge on any atom is -0.362 e. The Morgan fingerprint density at radius 2 is 2.00 bits per heavy atom. The van der Waals surface area contributed by atoms with Crippen LogP contribution in [0.25, 0.3) is 0 Å². The normalized spacial score (nSPS) is 15.7. The van der Waals surface area contributed by atoms with Crippen molar-refractivity contribution in [3.8, 4) is 0 Å². The molecule has 0 aliphatic carbocycles. The van der Waals surface area contributed by atoms with Gasteiger partial charge in [0.15, 0.2) is 11.5 Å². The lowest BCUT2D eigenvalue weighted by molar-refractivity contribution is 0.102. The van der Waals surface area contributed by atoms with Gasteiger partial charge in [0.2, 0.25) is 0 Å². The molecule has 1 saturated heterocycles. The number of aromatic nitrogens is 2. The van der Waals surface area contributed by atoms with Gasteiger partial charge in [0.05, 0.1) is 4.90 Å². The molecule has 1 aromatic heterocycles. The van der Waals surface area contributed by atoms with Gasteiger partial charge in [-0.3, -0.25) is 4.79 Å². The van der Waals surface area contributed by atoms with E-state index >= 15 is 0 Å². The molecule has 1 aliphatic heterocycles. The van der Waals surface area contributed by atoms with Crippen molar-refractivity contribution < 1.29 is 13.2 Å². The summed E-state index contributed by atoms with van der Waals surface area (Å²) in [6.07, 6.45) is 1.52. The minimum absolute atomic E-state index is 0.0205. The van der Waals surface area contributed by atoms with E-state index < -0.39 is 15.9 Å². The summed E-state index contributed by atoms with van der Waals surface area (Å²) in [7, 11) is 1.61. The minimum atomic E-state index is -3.85. The smallest absolute Gasteiger partial charge is 0.284 e. The van der Waals surface area contributed by atoms with Crippen LogP contribution in [0.4, 0.5) is 11.5 Å². The number of hydrogen-bond donors (Lipinski definition) is 1. The molecule has 1 N–H and O–H groups in total. The predicted octanol–water partition coefficient (Wildman–Crippen LogP) is 1.61. The first-order valence-electron chi connectivity index (χ1n) is 8.74. The maximum absolute atomic E-state index is 12.6. The number of likely N-dealkylation sites (tertiary alicyclic amines) is 1. The number of amidine groups is 1. The van der Waals surface area contributed by atoms with Crippen molar-refractivity contribution in [2.45, 2.75) is 17.7 Å². The van der Waals surface area contributed by atoms with Gasteiger partial charge in [-0.2, -0.15) is 8.42 Å². The highest BCUT2D eigenvalue weighted by molar-refractivity contribution is 7.90. The molecule has 3 rings (SSSR count). The SMILES string of the molecule is CN1CCC/C1=N/S(=O)(=O)c1cccc(NC(=O)c2ccc(N(C)C)nn2)c1. The van der Waals surface area contributed by atoms with Crippen LogP contribution in [0.2, 0.25) is 0 Å². The fourth-order valence-electron chi connectivity index (χ4n) is 2.72. The Labute approximate surface area is 164 Å². The fraction of sp³-hybridized carbons (Fsp3) is 0.333. The molecular weight excluding hydrogens is 380 g/mol. The van der Waals surface area contributed by atoms with Crippen LogP contribution in [0.3, 0.4) is 0 Å². The molecule has 9 nitrogen and oxygen atoms in total. The van der Waals surface area contributed by atoms with E-state index in [0.717, 1.165) is 13.0 Å². The molecule has 0 bridgehead atoms. The summed E-state index contributed by atoms with van der Waals surface area (Å²) < 4.78 is 29.1. The molecular formula is C18H22N6O3S. The van der Waals surface area contributed by atoms with E-state index in [-0.39, 0.29) is 10.6 Å². The molecule has 0 radical (unpaired) electrons. The summed E-state index contributed by atoms with van der Waals surface area (Å²) in [5.74, 6) is 0.695. The molecule has 1 amide bonds. The lowest BCUT2D eigenvalue weighted by Gasteiger charge is -2.11. The van der Waals surface area contributed by atoms with Gasteiger partial charge < -0.3 is 15.1 Å². The summed E-state index contributed by atoms with van der Waals surface area (Å²) >= 11 is 0. The lowest BCUT2D eigenvalue weighted by atomic mass is 10.3. The highest BCUT2D eigenvalue weighted by Crippen LogP contribution is 2.20. The van der Waals surface area contributed by atoms with Gasteiger partial charge in [0, 0.05) is 39.8 Å². The average Bonchev–Trinajstić information content (AvgIpc) is 3.06. The highest BCUT2D eigenvalue weighted by Gasteiger charge is 2.20. The topological polar surface area (TPSA) is 108 Å². The highest BCUT2D eigenvalue weighted by atomic mass is 32.2. The van der Waals surface area contributed by atoms with Crippen LogP contribution in [0.1, 0.15) is 23.3 Å². The Kier molecular flexibility index (Phi) is 5.59. The molecule has 1 aliphatic rings. The van der Waals surface area contributed by atoms with Crippen LogP contribution in [0.15, 0.2) is 45.7 Å². The lowest BCUT2D eigenvalue weighted by Crippen LogP contribution is -2.20. The Morgan fingerprint density at radius 3 is 2.61 bits per heavy atom. The van der Waals surface area contributed by atoms with Gasteiger partial charge in [0.1, 0.15) is 5.84 Å². The van der Waals surface area contributed by atoms with E-state index in [1.807, 2.05) is 26.0 Å². The summed E-state index contributed by atoms with van der Waals surface area (Å²) in [6.45, 7) is 0.790. The van der Waals surface area contributed by atoms with Gasteiger partial charge >= 0.3 is 0 Å². The summed E-state index contributed by atoms with van der Waals surface area (Å²) in [6, 6.07) is 9.23. The largest absolute Gasteiger partial charge is 0.362 e. The van der Waals surface area contributed by atoms with Gasteiger partial charge in [-0.25, -0.2) is 0 Å². The maximum Gasteiger partial charge on any atom is 0.284 e. The summed E-state index contributed by atoms with van der Waals surface area (Å²) in [5.41, 5.74) is 0.469. The average molecular weight is 402 g/mol. The van der Waals surface area contributed by atoms with Crippen molar-refractivity contribution in [2.75, 3.05) is 37.9 Å². The van der Waals surface area contributed by atoms with Gasteiger partial charge in [-0.05, 0) is 36.8 Å². The quantitative estimate of drug-likeness (QED) is 0.809. The number of anilines is 2. The predicted molar refractivity (Wildman–Crippen MR) is 107 cm³/mol. The summed E-state index contributed by atoms with van der Waals surface area (Å²) in [5, 5.41) is 10.5. The molecule has 2 aromatic rings. The van der Waals surface area contributed by atoms with Crippen molar-refractivity contribution in [3.05, 3.63) is 42.1 Å². The zero-order chi connectivity index (χ0) is 20.3. The first kappa shape index (κ1) is 19.7. The monoisotopic (exact) mass is 402 g/mol. The molecule has 2 heterocycles. The van der Waals surface area contributed by atoms with E-state index in [2.05, 4.69) is 19.9 Å². The van der Waals surface area contributed by atoms with Crippen LogP contribution in [0, 0.1) is 0 Å². The Balaban J connectivity index is 1.78. The van der Waals surface area contributed by atoms with Crippen LogP contribution < -0.4 is 10.2 Å². The van der Waals surface area contributed by atoms with Gasteiger partial charge in [-0.1, -0.05) is 6.07 Å². The zero-order valence-electron chi connectivity index (χ0n) is 16.0. The molecule has 1 aromatic carbocycles. The first-order chi connectivity index (χ1) is 13.3. The first-order valence-corrected chi connectivity index (χ1v) is 10.2. The number of carbonyl (C=O) groups excluding carboxylic acids is 1. The van der Waals surface area contributed by atoms with Crippen LogP contribution >= 0.6 is 0 Å². The molecule has 28 heavy (non-hydrogen) atoms. The Morgan fingerprint density at radius 1 is 1.21 bits per heavy atom. The summed E-state index contributed by atoms with van der Waals surface area (Å²) in [4.78, 5) is 16.0. The molecule has 0 unspecified atom stereocenters. The van der Waals surface area contributed by atoms with Crippen LogP contribution in [-0.4, -0.2) is 62.9 Å². The Hall–Kier alpha value is -3.01. The second-order valence-electron chi connectivity index (χ2n) is 6.66. The van der Waals surface area contributed by atoms with Crippen molar-refractivity contribution >= 4 is 33.3 Å². The Bertz CT molecular complexity index is 1000. The molecule has 0 saturated carbocycles. The number of rotatable bonds is 5. The van der Waals surface area contributed by atoms with Crippen LogP contribution in [0.5, 0.6) is 0 Å². The van der Waals surface area contributed by atoms with Crippen molar-refractivity contribution in [2.24, 2.45) is 4.40 Å². The number of sulfonamides is 1. The van der Waals surface area contributed by atoms with Gasteiger partial charge in [-0.15, -0.1) is 14.6 Å². The van der Waals surface area contributed by atoms with E-state index in [9.17, 15) is 13.2 Å². The zero-order valence-corrected chi connectivity index (χ0v) is 16.8. The van der Waals surface area contributed by atoms with E-state index in [1.54, 1.807) is 29.2 Å². The molecule has 0 spiro atoms. The third-order valence-electron chi connectivity index (χ3n) is 4.29. The van der Waals surface area contributed by atoms with E-state index in [4.69, 9.17) is 0 Å². The maximum atomic E-state index is 12.6. The second-order valence-corrected chi connectivity index (χ2v) is 8.26. The number of nitrogens with one attached hydrogen (secondary N) is 1. The van der Waals surface area contributed by atoms with Crippen molar-refractivity contribution in [1.29, 1.82) is 0 Å². The van der Waals surface area contributed by atoms with Crippen LogP contribution in [-0.2, 0) is 10.0 Å². The fourth-order valence-corrected chi connectivity index (χ4v) is 3.86. The number of benzene rings is 1. The number of hydrogen-bond acceptors (Lipinski definition) is 6. The molecule has 0 atom stereocenters. The van der Waals surface area contributed by atoms with E-state index in [0.29, 0.717) is 23.8 Å². The number of nitrogens with zero attached hydrogens (tertiary/aromatic N) is 5. The van der Waals surface area contributed by atoms with Crippen molar-refractivity contribution in [1.82, 2.24) is 15.1 Å². The van der Waals surface area contributed by atoms with Gasteiger partial charge in [0.25, 0.3) is 15.9 Å². The standard InChI is InChI=1S/C18H22N6O3S/c1-23(2)16-10-9-15(20-21-16)18(25)19-13-6-4-7-14(12-13)28(26,27)22-17-8-5-11-24(17)3/h4,6-7,9-10,12H,5,8,11H2,1-3H3,(H,19,25)/b22-17-. The number of carbonyl (C=O) groups is 1. The van der Waals surface area contributed by atoms with E-state index in [1.165, 1.54) is 12.1 Å². The third-order valence-corrected chi connectivity index (χ3v) is 5.59. The third kappa shape index (κ3) is 4.45. The van der Waals surface area contributed by atoms with Crippen molar-refractivity contribution in [3.63, 3.8) is 0 Å². The second kappa shape index (κ2) is 7.93. The molecule has 148 valence electrons. The molecule has 1 fully saturated rings. The number of amides is 1.